The number of fused-ring (bicyclic) bond motifs is 1. The normalized spacial score (nSPS) is 15.2. The van der Waals surface area contributed by atoms with Gasteiger partial charge < -0.3 is 10.4 Å². The highest BCUT2D eigenvalue weighted by atomic mass is 79.9. The fraction of sp³-hybridized carbons (Fsp3) is 0.0667. The summed E-state index contributed by atoms with van der Waals surface area (Å²) in [4.78, 5) is 23.4. The number of halogens is 2. The summed E-state index contributed by atoms with van der Waals surface area (Å²) in [5, 5.41) is 14.4. The number of para-hydroxylation sites is 1. The molecule has 1 aliphatic rings. The van der Waals surface area contributed by atoms with Gasteiger partial charge in [-0.15, -0.1) is 0 Å². The molecule has 2 N–H and O–H groups in total. The van der Waals surface area contributed by atoms with E-state index in [4.69, 9.17) is 17.2 Å². The van der Waals surface area contributed by atoms with E-state index >= 15 is 0 Å². The van der Waals surface area contributed by atoms with E-state index in [1.807, 2.05) is 72.8 Å². The summed E-state index contributed by atoms with van der Waals surface area (Å²) in [5.74, 6) is 0.758. The molecule has 0 amide bonds. The van der Waals surface area contributed by atoms with Gasteiger partial charge in [0.1, 0.15) is 11.6 Å². The Labute approximate surface area is 246 Å². The number of aromatic nitrogens is 2. The average Bonchev–Trinajstić information content (AvgIpc) is 2.94. The first-order valence-electron chi connectivity index (χ1n) is 12.1. The summed E-state index contributed by atoms with van der Waals surface area (Å²) < 4.78 is 3.16. The number of hydrogen-bond donors (Lipinski definition) is 2. The van der Waals surface area contributed by atoms with Crippen LogP contribution in [0.15, 0.2) is 110 Å². The van der Waals surface area contributed by atoms with Crippen molar-refractivity contribution in [2.75, 3.05) is 0 Å². The zero-order valence-corrected chi connectivity index (χ0v) is 24.3. The molecule has 6 rings (SSSR count). The van der Waals surface area contributed by atoms with Crippen molar-refractivity contribution in [1.82, 2.24) is 14.9 Å². The van der Waals surface area contributed by atoms with Crippen molar-refractivity contribution in [2.24, 2.45) is 4.99 Å². The number of nitrogens with zero attached hydrogens (tertiary/aromatic N) is 3. The van der Waals surface area contributed by atoms with Crippen LogP contribution in [0.1, 0.15) is 23.6 Å². The van der Waals surface area contributed by atoms with Crippen LogP contribution in [0.4, 0.5) is 0 Å². The van der Waals surface area contributed by atoms with Gasteiger partial charge in [-0.2, -0.15) is 0 Å². The van der Waals surface area contributed by atoms with Crippen LogP contribution in [0.5, 0.6) is 5.75 Å². The first-order chi connectivity index (χ1) is 18.9. The fourth-order valence-corrected chi connectivity index (χ4v) is 6.35. The summed E-state index contributed by atoms with van der Waals surface area (Å²) in [6.07, 6.45) is 0.547. The molecular formula is C30H20Br2N4O2S. The molecule has 9 heteroatoms. The lowest BCUT2D eigenvalue weighted by Crippen LogP contribution is -2.33. The summed E-state index contributed by atoms with van der Waals surface area (Å²) in [5.41, 5.74) is 4.39. The van der Waals surface area contributed by atoms with Gasteiger partial charge in [0, 0.05) is 26.5 Å². The maximum atomic E-state index is 13.9. The standard InChI is InChI=1S/C30H20Br2N4O2S/c31-19-14-22-27(23(32)15-19)35-28(18-6-2-1-3-7-18)36(29(22)38)20-12-10-17(11-13-20)24-16-25(34-30(39)33-24)21-8-4-5-9-26(21)37/h1-15,25,37H,16H2,(H,34,39). The fourth-order valence-electron chi connectivity index (χ4n) is 4.78. The number of nitrogens with one attached hydrogen (secondary N) is 1. The van der Waals surface area contributed by atoms with E-state index in [1.165, 1.54) is 0 Å². The van der Waals surface area contributed by atoms with Crippen LogP contribution in [-0.4, -0.2) is 25.5 Å². The van der Waals surface area contributed by atoms with Gasteiger partial charge in [0.05, 0.1) is 28.3 Å². The Hall–Kier alpha value is -3.66. The number of hydrogen-bond acceptors (Lipinski definition) is 4. The Balaban J connectivity index is 1.44. The van der Waals surface area contributed by atoms with Crippen LogP contribution in [0.25, 0.3) is 28.0 Å². The van der Waals surface area contributed by atoms with E-state index < -0.39 is 0 Å². The van der Waals surface area contributed by atoms with Gasteiger partial charge in [-0.1, -0.05) is 76.6 Å². The monoisotopic (exact) mass is 658 g/mol. The second-order valence-electron chi connectivity index (χ2n) is 9.10. The molecule has 6 nitrogen and oxygen atoms in total. The van der Waals surface area contributed by atoms with E-state index in [1.54, 1.807) is 22.8 Å². The van der Waals surface area contributed by atoms with Crippen molar-refractivity contribution in [3.8, 4) is 22.8 Å². The van der Waals surface area contributed by atoms with Crippen molar-refractivity contribution in [3.05, 3.63) is 121 Å². The molecule has 2 heterocycles. The molecule has 0 saturated carbocycles. The topological polar surface area (TPSA) is 79.5 Å². The molecule has 1 atom stereocenters. The highest BCUT2D eigenvalue weighted by molar-refractivity contribution is 9.11. The molecule has 0 aliphatic carbocycles. The van der Waals surface area contributed by atoms with Gasteiger partial charge in [0.2, 0.25) is 0 Å². The third-order valence-corrected chi connectivity index (χ3v) is 7.90. The number of phenolic OH excluding ortho intramolecular Hbond substituents is 1. The second kappa shape index (κ2) is 10.5. The minimum Gasteiger partial charge on any atom is -0.508 e. The van der Waals surface area contributed by atoms with Crippen molar-refractivity contribution in [2.45, 2.75) is 12.5 Å². The minimum absolute atomic E-state index is 0.173. The number of thiocarbonyl (C=S) groups is 1. The predicted molar refractivity (Wildman–Crippen MR) is 166 cm³/mol. The van der Waals surface area contributed by atoms with Crippen molar-refractivity contribution >= 4 is 65.8 Å². The molecule has 0 radical (unpaired) electrons. The Kier molecular flexibility index (Phi) is 6.88. The van der Waals surface area contributed by atoms with Crippen molar-refractivity contribution in [1.29, 1.82) is 0 Å². The smallest absolute Gasteiger partial charge is 0.266 e. The first-order valence-corrected chi connectivity index (χ1v) is 14.1. The molecule has 1 unspecified atom stereocenters. The molecule has 5 aromatic rings. The van der Waals surface area contributed by atoms with Gasteiger partial charge >= 0.3 is 0 Å². The SMILES string of the molecule is O=c1c2cc(Br)cc(Br)c2nc(-c2ccccc2)n1-c1ccc(C2=NC(=S)NC(c3ccccc3O)C2)cc1. The van der Waals surface area contributed by atoms with Gasteiger partial charge in [-0.3, -0.25) is 9.36 Å². The molecule has 39 heavy (non-hydrogen) atoms. The largest absolute Gasteiger partial charge is 0.508 e. The van der Waals surface area contributed by atoms with Gasteiger partial charge in [0.25, 0.3) is 5.56 Å². The van der Waals surface area contributed by atoms with E-state index in [0.717, 1.165) is 31.3 Å². The number of rotatable bonds is 4. The van der Waals surface area contributed by atoms with E-state index in [9.17, 15) is 9.90 Å². The Morgan fingerprint density at radius 1 is 0.923 bits per heavy atom. The lowest BCUT2D eigenvalue weighted by molar-refractivity contribution is 0.458. The van der Waals surface area contributed by atoms with E-state index in [0.29, 0.717) is 33.9 Å². The quantitative estimate of drug-likeness (QED) is 0.201. The number of benzene rings is 4. The molecule has 0 saturated heterocycles. The summed E-state index contributed by atoms with van der Waals surface area (Å²) in [6, 6.07) is 28.0. The second-order valence-corrected chi connectivity index (χ2v) is 11.3. The number of aliphatic imine (C=N–C) groups is 1. The van der Waals surface area contributed by atoms with Crippen LogP contribution in [-0.2, 0) is 0 Å². The van der Waals surface area contributed by atoms with E-state index in [-0.39, 0.29) is 17.4 Å². The maximum Gasteiger partial charge on any atom is 0.266 e. The number of aromatic hydroxyl groups is 1. The van der Waals surface area contributed by atoms with Gasteiger partial charge in [-0.25, -0.2) is 9.98 Å². The Morgan fingerprint density at radius 3 is 2.38 bits per heavy atom. The van der Waals surface area contributed by atoms with Crippen LogP contribution in [0.2, 0.25) is 0 Å². The lowest BCUT2D eigenvalue weighted by atomic mass is 9.95. The van der Waals surface area contributed by atoms with Crippen LogP contribution in [0, 0.1) is 0 Å². The molecule has 0 fully saturated rings. The zero-order valence-electron chi connectivity index (χ0n) is 20.3. The highest BCUT2D eigenvalue weighted by Gasteiger charge is 2.24. The predicted octanol–water partition coefficient (Wildman–Crippen LogP) is 7.09. The van der Waals surface area contributed by atoms with Crippen molar-refractivity contribution < 1.29 is 5.11 Å². The first kappa shape index (κ1) is 25.6. The highest BCUT2D eigenvalue weighted by Crippen LogP contribution is 2.31. The van der Waals surface area contributed by atoms with E-state index in [2.05, 4.69) is 42.2 Å². The van der Waals surface area contributed by atoms with Crippen molar-refractivity contribution in [3.63, 3.8) is 0 Å². The summed E-state index contributed by atoms with van der Waals surface area (Å²) in [6.45, 7) is 0. The number of phenols is 1. The third kappa shape index (κ3) is 4.93. The van der Waals surface area contributed by atoms with Gasteiger partial charge in [-0.05, 0) is 64.0 Å². The molecule has 1 aromatic heterocycles. The zero-order chi connectivity index (χ0) is 27.1. The van der Waals surface area contributed by atoms with Crippen LogP contribution >= 0.6 is 44.1 Å². The molecule has 4 aromatic carbocycles. The average molecular weight is 660 g/mol. The molecule has 192 valence electrons. The van der Waals surface area contributed by atoms with Crippen LogP contribution in [0.3, 0.4) is 0 Å². The Morgan fingerprint density at radius 2 is 1.64 bits per heavy atom. The summed E-state index contributed by atoms with van der Waals surface area (Å²) >= 11 is 12.5. The lowest BCUT2D eigenvalue weighted by Gasteiger charge is -2.25. The summed E-state index contributed by atoms with van der Waals surface area (Å²) in [7, 11) is 0. The third-order valence-electron chi connectivity index (χ3n) is 6.63. The molecule has 0 bridgehead atoms. The molecule has 1 aliphatic heterocycles. The van der Waals surface area contributed by atoms with Gasteiger partial charge in [0.15, 0.2) is 5.11 Å². The maximum absolute atomic E-state index is 13.9. The molecule has 0 spiro atoms. The molecular weight excluding hydrogens is 640 g/mol. The minimum atomic E-state index is -0.195. The van der Waals surface area contributed by atoms with Crippen LogP contribution < -0.4 is 10.9 Å². The Bertz CT molecular complexity index is 1840.